The molecule has 0 atom stereocenters. The highest BCUT2D eigenvalue weighted by atomic mass is 16.1. The molecule has 0 radical (unpaired) electrons. The van der Waals surface area contributed by atoms with Gasteiger partial charge in [-0.25, -0.2) is 0 Å². The fraction of sp³-hybridized carbons (Fsp3) is 0.100. The summed E-state index contributed by atoms with van der Waals surface area (Å²) in [5.74, 6) is 0.0468. The van der Waals surface area contributed by atoms with Crippen molar-refractivity contribution in [1.29, 1.82) is 0 Å². The molecule has 0 bridgehead atoms. The first-order chi connectivity index (χ1) is 6.34. The van der Waals surface area contributed by atoms with Crippen LogP contribution in [0.2, 0.25) is 0 Å². The SMILES string of the molecule is O=C1C=CC(Nn2cccc2)C=C1. The molecule has 1 aromatic heterocycles. The zero-order valence-electron chi connectivity index (χ0n) is 7.05. The van der Waals surface area contributed by atoms with Crippen LogP contribution in [0.3, 0.4) is 0 Å². The number of allylic oxidation sites excluding steroid dienone is 2. The summed E-state index contributed by atoms with van der Waals surface area (Å²) in [5.41, 5.74) is 3.17. The predicted octanol–water partition coefficient (Wildman–Crippen LogP) is 1.10. The summed E-state index contributed by atoms with van der Waals surface area (Å²) in [4.78, 5) is 10.8. The number of carbonyl (C=O) groups excluding carboxylic acids is 1. The molecule has 1 heterocycles. The van der Waals surface area contributed by atoms with Crippen molar-refractivity contribution in [3.63, 3.8) is 0 Å². The molecular weight excluding hydrogens is 164 g/mol. The van der Waals surface area contributed by atoms with Crippen LogP contribution < -0.4 is 5.43 Å². The molecule has 1 aliphatic rings. The summed E-state index contributed by atoms with van der Waals surface area (Å²) in [5, 5.41) is 0. The van der Waals surface area contributed by atoms with Crippen LogP contribution in [0.5, 0.6) is 0 Å². The van der Waals surface area contributed by atoms with Crippen molar-refractivity contribution in [2.75, 3.05) is 5.43 Å². The molecule has 1 N–H and O–H groups in total. The quantitative estimate of drug-likeness (QED) is 0.728. The summed E-state index contributed by atoms with van der Waals surface area (Å²) in [6.45, 7) is 0. The number of hydrogen-bond donors (Lipinski definition) is 1. The van der Waals surface area contributed by atoms with Crippen molar-refractivity contribution in [2.24, 2.45) is 0 Å². The van der Waals surface area contributed by atoms with E-state index in [1.165, 1.54) is 0 Å². The molecule has 0 spiro atoms. The van der Waals surface area contributed by atoms with Crippen molar-refractivity contribution in [1.82, 2.24) is 4.68 Å². The molecule has 1 aliphatic carbocycles. The van der Waals surface area contributed by atoms with Crippen molar-refractivity contribution in [2.45, 2.75) is 6.04 Å². The lowest BCUT2D eigenvalue weighted by molar-refractivity contribution is -0.110. The van der Waals surface area contributed by atoms with Crippen LogP contribution >= 0.6 is 0 Å². The molecule has 0 aliphatic heterocycles. The Morgan fingerprint density at radius 3 is 2.38 bits per heavy atom. The largest absolute Gasteiger partial charge is 0.316 e. The lowest BCUT2D eigenvalue weighted by atomic mass is 10.1. The summed E-state index contributed by atoms with van der Waals surface area (Å²) >= 11 is 0. The molecule has 13 heavy (non-hydrogen) atoms. The second-order valence-electron chi connectivity index (χ2n) is 2.87. The first kappa shape index (κ1) is 7.86. The van der Waals surface area contributed by atoms with Crippen molar-refractivity contribution in [3.8, 4) is 0 Å². The van der Waals surface area contributed by atoms with Gasteiger partial charge in [0.15, 0.2) is 5.78 Å². The van der Waals surface area contributed by atoms with E-state index in [0.29, 0.717) is 0 Å². The zero-order valence-corrected chi connectivity index (χ0v) is 7.05. The number of nitrogens with zero attached hydrogens (tertiary/aromatic N) is 1. The van der Waals surface area contributed by atoms with Crippen LogP contribution in [-0.2, 0) is 4.79 Å². The lowest BCUT2D eigenvalue weighted by Crippen LogP contribution is -2.24. The highest BCUT2D eigenvalue weighted by Crippen LogP contribution is 2.00. The molecule has 3 heteroatoms. The normalized spacial score (nSPS) is 16.5. The third-order valence-electron chi connectivity index (χ3n) is 1.84. The average molecular weight is 174 g/mol. The van der Waals surface area contributed by atoms with Gasteiger partial charge in [0, 0.05) is 12.4 Å². The molecule has 3 nitrogen and oxygen atoms in total. The molecule has 66 valence electrons. The molecule has 0 amide bonds. The van der Waals surface area contributed by atoms with E-state index in [-0.39, 0.29) is 11.8 Å². The number of aromatic nitrogens is 1. The van der Waals surface area contributed by atoms with E-state index < -0.39 is 0 Å². The average Bonchev–Trinajstić information content (AvgIpc) is 2.62. The Labute approximate surface area is 76.3 Å². The Morgan fingerprint density at radius 2 is 1.77 bits per heavy atom. The van der Waals surface area contributed by atoms with E-state index in [4.69, 9.17) is 0 Å². The maximum Gasteiger partial charge on any atom is 0.178 e. The van der Waals surface area contributed by atoms with Gasteiger partial charge >= 0.3 is 0 Å². The van der Waals surface area contributed by atoms with Crippen LogP contribution in [0.4, 0.5) is 0 Å². The molecule has 1 aromatic rings. The van der Waals surface area contributed by atoms with Crippen LogP contribution in [0.1, 0.15) is 0 Å². The van der Waals surface area contributed by atoms with Crippen LogP contribution in [-0.4, -0.2) is 16.5 Å². The smallest absolute Gasteiger partial charge is 0.178 e. The molecule has 0 aromatic carbocycles. The van der Waals surface area contributed by atoms with E-state index in [9.17, 15) is 4.79 Å². The number of hydrogen-bond acceptors (Lipinski definition) is 2. The second-order valence-corrected chi connectivity index (χ2v) is 2.87. The van der Waals surface area contributed by atoms with E-state index in [1.807, 2.05) is 41.4 Å². The highest BCUT2D eigenvalue weighted by molar-refractivity contribution is 6.00. The first-order valence-corrected chi connectivity index (χ1v) is 4.14. The summed E-state index contributed by atoms with van der Waals surface area (Å²) < 4.78 is 1.86. The minimum atomic E-state index is 0.0468. The molecule has 0 saturated heterocycles. The van der Waals surface area contributed by atoms with Gasteiger partial charge in [0.25, 0.3) is 0 Å². The van der Waals surface area contributed by atoms with Gasteiger partial charge < -0.3 is 5.43 Å². The molecular formula is C10H10N2O. The summed E-state index contributed by atoms with van der Waals surface area (Å²) in [6, 6.07) is 3.98. The van der Waals surface area contributed by atoms with Crippen LogP contribution in [0.25, 0.3) is 0 Å². The molecule has 0 fully saturated rings. The molecule has 0 unspecified atom stereocenters. The van der Waals surface area contributed by atoms with Gasteiger partial charge in [-0.1, -0.05) is 12.2 Å². The fourth-order valence-corrected chi connectivity index (χ4v) is 1.20. The van der Waals surface area contributed by atoms with Gasteiger partial charge in [0.2, 0.25) is 0 Å². The zero-order chi connectivity index (χ0) is 9.10. The van der Waals surface area contributed by atoms with Gasteiger partial charge in [-0.3, -0.25) is 9.47 Å². The van der Waals surface area contributed by atoms with Gasteiger partial charge in [0.05, 0.1) is 6.04 Å². The molecule has 0 saturated carbocycles. The number of rotatable bonds is 2. The van der Waals surface area contributed by atoms with Gasteiger partial charge in [-0.2, -0.15) is 0 Å². The topological polar surface area (TPSA) is 34.0 Å². The Bertz CT molecular complexity index is 333. The van der Waals surface area contributed by atoms with E-state index in [1.54, 1.807) is 12.2 Å². The van der Waals surface area contributed by atoms with E-state index in [2.05, 4.69) is 5.43 Å². The lowest BCUT2D eigenvalue weighted by Gasteiger charge is -2.14. The Kier molecular flexibility index (Phi) is 2.00. The van der Waals surface area contributed by atoms with Crippen molar-refractivity contribution in [3.05, 3.63) is 48.8 Å². The van der Waals surface area contributed by atoms with Crippen LogP contribution in [0.15, 0.2) is 48.8 Å². The summed E-state index contributed by atoms with van der Waals surface area (Å²) in [7, 11) is 0. The standard InChI is InChI=1S/C10H10N2O/c13-10-5-3-9(4-6-10)11-12-7-1-2-8-12/h1-9,11H. The number of nitrogens with one attached hydrogen (secondary N) is 1. The predicted molar refractivity (Wildman–Crippen MR) is 50.9 cm³/mol. The van der Waals surface area contributed by atoms with Crippen LogP contribution in [0, 0.1) is 0 Å². The van der Waals surface area contributed by atoms with Crippen molar-refractivity contribution < 1.29 is 4.79 Å². The Morgan fingerprint density at radius 1 is 1.15 bits per heavy atom. The molecule has 2 rings (SSSR count). The van der Waals surface area contributed by atoms with Gasteiger partial charge in [-0.15, -0.1) is 0 Å². The fourth-order valence-electron chi connectivity index (χ4n) is 1.20. The number of ketones is 1. The first-order valence-electron chi connectivity index (χ1n) is 4.14. The van der Waals surface area contributed by atoms with E-state index in [0.717, 1.165) is 0 Å². The minimum Gasteiger partial charge on any atom is -0.316 e. The maximum atomic E-state index is 10.8. The van der Waals surface area contributed by atoms with E-state index >= 15 is 0 Å². The minimum absolute atomic E-state index is 0.0468. The number of carbonyl (C=O) groups is 1. The Balaban J connectivity index is 2.01. The third kappa shape index (κ3) is 1.87. The second kappa shape index (κ2) is 3.31. The van der Waals surface area contributed by atoms with Gasteiger partial charge in [0.1, 0.15) is 0 Å². The van der Waals surface area contributed by atoms with Crippen molar-refractivity contribution >= 4 is 5.78 Å². The highest BCUT2D eigenvalue weighted by Gasteiger charge is 2.04. The maximum absolute atomic E-state index is 10.8. The Hall–Kier alpha value is -1.77. The van der Waals surface area contributed by atoms with Gasteiger partial charge in [-0.05, 0) is 24.3 Å². The monoisotopic (exact) mass is 174 g/mol. The third-order valence-corrected chi connectivity index (χ3v) is 1.84. The summed E-state index contributed by atoms with van der Waals surface area (Å²) in [6.07, 6.45) is 10.6.